The SMILES string of the molecule is CCCCn1c(-c2ccccc2)c(/C=C/C(=O)OCC)c2cnccc2c1=O. The van der Waals surface area contributed by atoms with Gasteiger partial charge in [-0.3, -0.25) is 9.78 Å². The smallest absolute Gasteiger partial charge is 0.330 e. The maximum atomic E-state index is 13.2. The summed E-state index contributed by atoms with van der Waals surface area (Å²) in [5.74, 6) is -0.412. The number of aromatic nitrogens is 2. The van der Waals surface area contributed by atoms with Crippen LogP contribution in [-0.2, 0) is 16.1 Å². The Kier molecular flexibility index (Phi) is 6.37. The molecule has 0 radical (unpaired) electrons. The first-order valence-corrected chi connectivity index (χ1v) is 9.58. The first kappa shape index (κ1) is 19.5. The zero-order valence-electron chi connectivity index (χ0n) is 16.2. The summed E-state index contributed by atoms with van der Waals surface area (Å²) >= 11 is 0. The van der Waals surface area contributed by atoms with E-state index in [0.29, 0.717) is 18.5 Å². The van der Waals surface area contributed by atoms with Crippen molar-refractivity contribution in [2.75, 3.05) is 6.61 Å². The lowest BCUT2D eigenvalue weighted by atomic mass is 9.99. The fourth-order valence-corrected chi connectivity index (χ4v) is 3.26. The monoisotopic (exact) mass is 376 g/mol. The Morgan fingerprint density at radius 3 is 2.64 bits per heavy atom. The molecule has 0 spiro atoms. The van der Waals surface area contributed by atoms with Gasteiger partial charge in [0.25, 0.3) is 5.56 Å². The molecule has 0 aliphatic rings. The predicted octanol–water partition coefficient (Wildman–Crippen LogP) is 4.44. The van der Waals surface area contributed by atoms with E-state index in [9.17, 15) is 9.59 Å². The van der Waals surface area contributed by atoms with Crippen LogP contribution in [0.3, 0.4) is 0 Å². The Labute approximate surface area is 164 Å². The van der Waals surface area contributed by atoms with Gasteiger partial charge in [0.15, 0.2) is 0 Å². The van der Waals surface area contributed by atoms with Crippen molar-refractivity contribution in [1.82, 2.24) is 9.55 Å². The van der Waals surface area contributed by atoms with Gasteiger partial charge in [-0.1, -0.05) is 43.7 Å². The highest BCUT2D eigenvalue weighted by atomic mass is 16.5. The van der Waals surface area contributed by atoms with Gasteiger partial charge in [-0.2, -0.15) is 0 Å². The van der Waals surface area contributed by atoms with Crippen LogP contribution < -0.4 is 5.56 Å². The number of esters is 1. The second-order valence-electron chi connectivity index (χ2n) is 6.45. The van der Waals surface area contributed by atoms with Gasteiger partial charge in [-0.25, -0.2) is 4.79 Å². The summed E-state index contributed by atoms with van der Waals surface area (Å²) in [6, 6.07) is 11.5. The standard InChI is InChI=1S/C23H24N2O3/c1-3-5-15-25-22(17-9-7-6-8-10-17)18(11-12-21(26)28-4-2)20-16-24-14-13-19(20)23(25)27/h6-14,16H,3-5,15H2,1-2H3/b12-11+. The van der Waals surface area contributed by atoms with Gasteiger partial charge in [0, 0.05) is 36.0 Å². The van der Waals surface area contributed by atoms with Gasteiger partial charge in [0.1, 0.15) is 0 Å². The average Bonchev–Trinajstić information content (AvgIpc) is 2.73. The number of unbranched alkanes of at least 4 members (excludes halogenated alkanes) is 1. The molecule has 144 valence electrons. The number of carbonyl (C=O) groups is 1. The van der Waals surface area contributed by atoms with Gasteiger partial charge in [-0.15, -0.1) is 0 Å². The van der Waals surface area contributed by atoms with Crippen molar-refractivity contribution in [3.8, 4) is 11.3 Å². The molecule has 0 aliphatic heterocycles. The predicted molar refractivity (Wildman–Crippen MR) is 112 cm³/mol. The van der Waals surface area contributed by atoms with E-state index in [1.165, 1.54) is 6.08 Å². The third-order valence-corrected chi connectivity index (χ3v) is 4.57. The van der Waals surface area contributed by atoms with E-state index in [2.05, 4.69) is 11.9 Å². The molecular weight excluding hydrogens is 352 g/mol. The molecular formula is C23H24N2O3. The van der Waals surface area contributed by atoms with Gasteiger partial charge in [0.2, 0.25) is 0 Å². The fourth-order valence-electron chi connectivity index (χ4n) is 3.26. The number of nitrogens with zero attached hydrogens (tertiary/aromatic N) is 2. The Morgan fingerprint density at radius 2 is 1.93 bits per heavy atom. The van der Waals surface area contributed by atoms with E-state index in [1.54, 1.807) is 31.5 Å². The zero-order valence-corrected chi connectivity index (χ0v) is 16.2. The molecule has 0 fully saturated rings. The van der Waals surface area contributed by atoms with Crippen molar-refractivity contribution in [2.45, 2.75) is 33.2 Å². The molecule has 0 atom stereocenters. The highest BCUT2D eigenvalue weighted by Gasteiger charge is 2.17. The molecule has 3 rings (SSSR count). The van der Waals surface area contributed by atoms with Crippen LogP contribution in [0.25, 0.3) is 28.1 Å². The molecule has 5 nitrogen and oxygen atoms in total. The third kappa shape index (κ3) is 4.03. The maximum Gasteiger partial charge on any atom is 0.330 e. The Morgan fingerprint density at radius 1 is 1.14 bits per heavy atom. The topological polar surface area (TPSA) is 61.2 Å². The molecule has 0 aliphatic carbocycles. The van der Waals surface area contributed by atoms with E-state index >= 15 is 0 Å². The van der Waals surface area contributed by atoms with Gasteiger partial charge >= 0.3 is 5.97 Å². The second kappa shape index (κ2) is 9.13. The molecule has 3 aromatic rings. The number of hydrogen-bond donors (Lipinski definition) is 0. The normalized spacial score (nSPS) is 11.2. The summed E-state index contributed by atoms with van der Waals surface area (Å²) in [5.41, 5.74) is 2.46. The fraction of sp³-hybridized carbons (Fsp3) is 0.261. The van der Waals surface area contributed by atoms with E-state index in [1.807, 2.05) is 34.9 Å². The van der Waals surface area contributed by atoms with Crippen LogP contribution in [0.4, 0.5) is 0 Å². The molecule has 2 heterocycles. The van der Waals surface area contributed by atoms with E-state index in [0.717, 1.165) is 35.0 Å². The summed E-state index contributed by atoms with van der Waals surface area (Å²) in [6.07, 6.45) is 8.30. The van der Waals surface area contributed by atoms with E-state index in [4.69, 9.17) is 4.74 Å². The minimum atomic E-state index is -0.412. The van der Waals surface area contributed by atoms with E-state index < -0.39 is 5.97 Å². The average molecular weight is 376 g/mol. The lowest BCUT2D eigenvalue weighted by Crippen LogP contribution is -2.23. The van der Waals surface area contributed by atoms with Crippen LogP contribution in [0.1, 0.15) is 32.3 Å². The second-order valence-corrected chi connectivity index (χ2v) is 6.45. The van der Waals surface area contributed by atoms with Crippen molar-refractivity contribution in [1.29, 1.82) is 0 Å². The molecule has 1 aromatic carbocycles. The van der Waals surface area contributed by atoms with Crippen LogP contribution in [0.15, 0.2) is 59.7 Å². The first-order valence-electron chi connectivity index (χ1n) is 9.58. The number of benzene rings is 1. The largest absolute Gasteiger partial charge is 0.463 e. The molecule has 2 aromatic heterocycles. The molecule has 28 heavy (non-hydrogen) atoms. The van der Waals surface area contributed by atoms with Crippen molar-refractivity contribution in [2.24, 2.45) is 0 Å². The van der Waals surface area contributed by atoms with Crippen LogP contribution in [0, 0.1) is 0 Å². The highest BCUT2D eigenvalue weighted by molar-refractivity contribution is 5.98. The molecule has 0 unspecified atom stereocenters. The maximum absolute atomic E-state index is 13.2. The Bertz CT molecular complexity index is 1050. The molecule has 0 bridgehead atoms. The summed E-state index contributed by atoms with van der Waals surface area (Å²) in [5, 5.41) is 1.31. The van der Waals surface area contributed by atoms with Crippen LogP contribution in [0.5, 0.6) is 0 Å². The van der Waals surface area contributed by atoms with Crippen molar-refractivity contribution < 1.29 is 9.53 Å². The zero-order chi connectivity index (χ0) is 19.9. The van der Waals surface area contributed by atoms with Crippen molar-refractivity contribution in [3.05, 3.63) is 70.8 Å². The van der Waals surface area contributed by atoms with Crippen LogP contribution >= 0.6 is 0 Å². The lowest BCUT2D eigenvalue weighted by Gasteiger charge is -2.18. The molecule has 0 saturated heterocycles. The Balaban J connectivity index is 2.34. The number of fused-ring (bicyclic) bond motifs is 1. The third-order valence-electron chi connectivity index (χ3n) is 4.57. The first-order chi connectivity index (χ1) is 13.7. The highest BCUT2D eigenvalue weighted by Crippen LogP contribution is 2.29. The minimum absolute atomic E-state index is 0.0435. The molecule has 0 N–H and O–H groups in total. The minimum Gasteiger partial charge on any atom is -0.463 e. The summed E-state index contributed by atoms with van der Waals surface area (Å²) < 4.78 is 6.84. The van der Waals surface area contributed by atoms with Crippen molar-refractivity contribution in [3.63, 3.8) is 0 Å². The van der Waals surface area contributed by atoms with Gasteiger partial charge in [-0.05, 0) is 31.1 Å². The summed E-state index contributed by atoms with van der Waals surface area (Å²) in [6.45, 7) is 4.79. The molecule has 5 heteroatoms. The van der Waals surface area contributed by atoms with E-state index in [-0.39, 0.29) is 5.56 Å². The summed E-state index contributed by atoms with van der Waals surface area (Å²) in [4.78, 5) is 29.4. The number of pyridine rings is 2. The van der Waals surface area contributed by atoms with Crippen LogP contribution in [0.2, 0.25) is 0 Å². The summed E-state index contributed by atoms with van der Waals surface area (Å²) in [7, 11) is 0. The number of hydrogen-bond acceptors (Lipinski definition) is 4. The van der Waals surface area contributed by atoms with Gasteiger partial charge in [0.05, 0.1) is 17.7 Å². The van der Waals surface area contributed by atoms with Crippen molar-refractivity contribution >= 4 is 22.8 Å². The lowest BCUT2D eigenvalue weighted by molar-refractivity contribution is -0.137. The van der Waals surface area contributed by atoms with Crippen LogP contribution in [-0.4, -0.2) is 22.1 Å². The number of rotatable bonds is 7. The van der Waals surface area contributed by atoms with Gasteiger partial charge < -0.3 is 9.30 Å². The Hall–Kier alpha value is -3.21. The molecule has 0 saturated carbocycles. The number of ether oxygens (including phenoxy) is 1. The quantitative estimate of drug-likeness (QED) is 0.452. The molecule has 0 amide bonds. The number of carbonyl (C=O) groups excluding carboxylic acids is 1.